The standard InChI is InChI=1S/C20H31N3O2/c1-4-16(2)22-18(24)12-13-21-19(25)20(3,23-14-8-9-15-23)17-10-6-5-7-11-17/h5-7,10-11,16H,4,8-9,12-15H2,1-3H3,(H,21,25)(H,22,24). The second-order valence-corrected chi connectivity index (χ2v) is 7.02. The first kappa shape index (κ1) is 19.4. The molecule has 1 aliphatic rings. The monoisotopic (exact) mass is 345 g/mol. The average molecular weight is 345 g/mol. The third-order valence-electron chi connectivity index (χ3n) is 5.17. The van der Waals surface area contributed by atoms with Gasteiger partial charge >= 0.3 is 0 Å². The molecule has 2 unspecified atom stereocenters. The molecule has 2 N–H and O–H groups in total. The van der Waals surface area contributed by atoms with Crippen LogP contribution in [0.2, 0.25) is 0 Å². The average Bonchev–Trinajstić information content (AvgIpc) is 3.16. The molecule has 1 saturated heterocycles. The zero-order valence-corrected chi connectivity index (χ0v) is 15.7. The lowest BCUT2D eigenvalue weighted by atomic mass is 9.89. The van der Waals surface area contributed by atoms with E-state index in [2.05, 4.69) is 15.5 Å². The van der Waals surface area contributed by atoms with Gasteiger partial charge in [0, 0.05) is 19.0 Å². The molecule has 0 spiro atoms. The summed E-state index contributed by atoms with van der Waals surface area (Å²) in [5.74, 6) is -0.0471. The number of rotatable bonds is 8. The smallest absolute Gasteiger partial charge is 0.244 e. The van der Waals surface area contributed by atoms with Gasteiger partial charge in [-0.2, -0.15) is 0 Å². The van der Waals surface area contributed by atoms with Crippen molar-refractivity contribution in [2.75, 3.05) is 19.6 Å². The first-order valence-corrected chi connectivity index (χ1v) is 9.36. The third kappa shape index (κ3) is 4.82. The Morgan fingerprint density at radius 3 is 2.44 bits per heavy atom. The van der Waals surface area contributed by atoms with Crippen LogP contribution < -0.4 is 10.6 Å². The van der Waals surface area contributed by atoms with E-state index in [1.807, 2.05) is 51.1 Å². The Morgan fingerprint density at radius 1 is 1.20 bits per heavy atom. The summed E-state index contributed by atoms with van der Waals surface area (Å²) >= 11 is 0. The predicted octanol–water partition coefficient (Wildman–Crippen LogP) is 2.42. The van der Waals surface area contributed by atoms with Crippen LogP contribution >= 0.6 is 0 Å². The maximum atomic E-state index is 13.0. The molecule has 0 bridgehead atoms. The molecule has 2 atom stereocenters. The third-order valence-corrected chi connectivity index (χ3v) is 5.17. The normalized spacial score (nSPS) is 18.4. The molecule has 138 valence electrons. The van der Waals surface area contributed by atoms with Gasteiger partial charge in [-0.1, -0.05) is 37.3 Å². The second-order valence-electron chi connectivity index (χ2n) is 7.02. The van der Waals surface area contributed by atoms with E-state index in [-0.39, 0.29) is 17.9 Å². The Kier molecular flexibility index (Phi) is 7.00. The molecule has 0 aliphatic carbocycles. The summed E-state index contributed by atoms with van der Waals surface area (Å²) in [6, 6.07) is 10.1. The Morgan fingerprint density at radius 2 is 1.84 bits per heavy atom. The Bertz CT molecular complexity index is 570. The summed E-state index contributed by atoms with van der Waals surface area (Å²) in [5.41, 5.74) is 0.309. The first-order valence-electron chi connectivity index (χ1n) is 9.36. The van der Waals surface area contributed by atoms with Gasteiger partial charge in [0.05, 0.1) is 0 Å². The van der Waals surface area contributed by atoms with Crippen molar-refractivity contribution in [2.45, 2.75) is 58.0 Å². The molecule has 1 aliphatic heterocycles. The number of carbonyl (C=O) groups is 2. The van der Waals surface area contributed by atoms with Crippen LogP contribution in [0.3, 0.4) is 0 Å². The van der Waals surface area contributed by atoms with E-state index in [4.69, 9.17) is 0 Å². The van der Waals surface area contributed by atoms with E-state index in [1.165, 1.54) is 0 Å². The minimum atomic E-state index is -0.690. The fourth-order valence-corrected chi connectivity index (χ4v) is 3.30. The van der Waals surface area contributed by atoms with Crippen molar-refractivity contribution in [3.8, 4) is 0 Å². The zero-order chi connectivity index (χ0) is 18.3. The largest absolute Gasteiger partial charge is 0.354 e. The van der Waals surface area contributed by atoms with E-state index < -0.39 is 5.54 Å². The molecule has 5 heteroatoms. The number of hydrogen-bond acceptors (Lipinski definition) is 3. The lowest BCUT2D eigenvalue weighted by Crippen LogP contribution is -2.54. The number of nitrogens with one attached hydrogen (secondary N) is 2. The zero-order valence-electron chi connectivity index (χ0n) is 15.7. The molecule has 2 rings (SSSR count). The van der Waals surface area contributed by atoms with Gasteiger partial charge in [0.25, 0.3) is 0 Å². The molecule has 5 nitrogen and oxygen atoms in total. The van der Waals surface area contributed by atoms with Crippen LogP contribution in [-0.4, -0.2) is 42.4 Å². The van der Waals surface area contributed by atoms with E-state index in [9.17, 15) is 9.59 Å². The number of carbonyl (C=O) groups excluding carboxylic acids is 2. The molecule has 1 heterocycles. The fraction of sp³-hybridized carbons (Fsp3) is 0.600. The molecular formula is C20H31N3O2. The van der Waals surface area contributed by atoms with Crippen LogP contribution in [0.25, 0.3) is 0 Å². The van der Waals surface area contributed by atoms with Crippen molar-refractivity contribution in [3.05, 3.63) is 35.9 Å². The minimum Gasteiger partial charge on any atom is -0.354 e. The predicted molar refractivity (Wildman–Crippen MR) is 100 cm³/mol. The van der Waals surface area contributed by atoms with Crippen LogP contribution in [-0.2, 0) is 15.1 Å². The quantitative estimate of drug-likeness (QED) is 0.761. The van der Waals surface area contributed by atoms with E-state index >= 15 is 0 Å². The summed E-state index contributed by atoms with van der Waals surface area (Å²) in [4.78, 5) is 27.2. The molecule has 1 aromatic carbocycles. The van der Waals surface area contributed by atoms with E-state index in [0.29, 0.717) is 13.0 Å². The maximum absolute atomic E-state index is 13.0. The topological polar surface area (TPSA) is 61.4 Å². The molecule has 0 radical (unpaired) electrons. The highest BCUT2D eigenvalue weighted by Gasteiger charge is 2.41. The Hall–Kier alpha value is -1.88. The molecule has 0 saturated carbocycles. The van der Waals surface area contributed by atoms with Gasteiger partial charge in [0.15, 0.2) is 0 Å². The van der Waals surface area contributed by atoms with Crippen molar-refractivity contribution in [1.82, 2.24) is 15.5 Å². The van der Waals surface area contributed by atoms with Crippen molar-refractivity contribution in [1.29, 1.82) is 0 Å². The minimum absolute atomic E-state index is 0.0164. The summed E-state index contributed by atoms with van der Waals surface area (Å²) in [6.07, 6.45) is 3.44. The van der Waals surface area contributed by atoms with Crippen LogP contribution in [0.5, 0.6) is 0 Å². The number of likely N-dealkylation sites (tertiary alicyclic amines) is 1. The van der Waals surface area contributed by atoms with Gasteiger partial charge in [-0.15, -0.1) is 0 Å². The number of amides is 2. The molecule has 1 fully saturated rings. The van der Waals surface area contributed by atoms with Crippen LogP contribution in [0, 0.1) is 0 Å². The van der Waals surface area contributed by atoms with Crippen molar-refractivity contribution in [3.63, 3.8) is 0 Å². The summed E-state index contributed by atoms with van der Waals surface area (Å²) < 4.78 is 0. The maximum Gasteiger partial charge on any atom is 0.244 e. The molecule has 1 aromatic rings. The molecule has 25 heavy (non-hydrogen) atoms. The van der Waals surface area contributed by atoms with E-state index in [0.717, 1.165) is 37.9 Å². The highest BCUT2D eigenvalue weighted by atomic mass is 16.2. The molecule has 2 amide bonds. The summed E-state index contributed by atoms with van der Waals surface area (Å²) in [5, 5.41) is 5.91. The van der Waals surface area contributed by atoms with Crippen LogP contribution in [0.15, 0.2) is 30.3 Å². The highest BCUT2D eigenvalue weighted by Crippen LogP contribution is 2.31. The van der Waals surface area contributed by atoms with Gasteiger partial charge in [0.1, 0.15) is 5.54 Å². The van der Waals surface area contributed by atoms with Crippen LogP contribution in [0.1, 0.15) is 52.0 Å². The SMILES string of the molecule is CCC(C)NC(=O)CCNC(=O)C(C)(c1ccccc1)N1CCCC1. The first-order chi connectivity index (χ1) is 12.0. The number of nitrogens with zero attached hydrogens (tertiary/aromatic N) is 1. The van der Waals surface area contributed by atoms with Crippen molar-refractivity contribution < 1.29 is 9.59 Å². The lowest BCUT2D eigenvalue weighted by Gasteiger charge is -2.37. The van der Waals surface area contributed by atoms with Gasteiger partial charge in [-0.3, -0.25) is 14.5 Å². The Labute approximate surface area is 151 Å². The van der Waals surface area contributed by atoms with Gasteiger partial charge in [-0.25, -0.2) is 0 Å². The van der Waals surface area contributed by atoms with Gasteiger partial charge in [0.2, 0.25) is 11.8 Å². The van der Waals surface area contributed by atoms with Crippen LogP contribution in [0.4, 0.5) is 0 Å². The number of hydrogen-bond donors (Lipinski definition) is 2. The lowest BCUT2D eigenvalue weighted by molar-refractivity contribution is -0.132. The van der Waals surface area contributed by atoms with Crippen molar-refractivity contribution in [2.24, 2.45) is 0 Å². The van der Waals surface area contributed by atoms with Gasteiger partial charge < -0.3 is 10.6 Å². The molecular weight excluding hydrogens is 314 g/mol. The second kappa shape index (κ2) is 8.99. The van der Waals surface area contributed by atoms with Crippen molar-refractivity contribution >= 4 is 11.8 Å². The number of benzene rings is 1. The summed E-state index contributed by atoms with van der Waals surface area (Å²) in [7, 11) is 0. The molecule has 0 aromatic heterocycles. The highest BCUT2D eigenvalue weighted by molar-refractivity contribution is 5.88. The summed E-state index contributed by atoms with van der Waals surface area (Å²) in [6.45, 7) is 8.21. The van der Waals surface area contributed by atoms with E-state index in [1.54, 1.807) is 0 Å². The fourth-order valence-electron chi connectivity index (χ4n) is 3.30. The van der Waals surface area contributed by atoms with Gasteiger partial charge in [-0.05, 0) is 51.8 Å². The Balaban J connectivity index is 2.00.